The number of hydrogen-bond donors (Lipinski definition) is 1. The average Bonchev–Trinajstić information content (AvgIpc) is 2.48. The lowest BCUT2D eigenvalue weighted by Gasteiger charge is -2.30. The van der Waals surface area contributed by atoms with Crippen LogP contribution in [-0.4, -0.2) is 62.9 Å². The Labute approximate surface area is 130 Å². The molecule has 8 heteroatoms. The molecule has 0 bridgehead atoms. The molecule has 0 saturated carbocycles. The molecule has 0 aromatic heterocycles. The van der Waals surface area contributed by atoms with Gasteiger partial charge < -0.3 is 14.8 Å². The van der Waals surface area contributed by atoms with Gasteiger partial charge in [-0.3, -0.25) is 0 Å². The molecule has 22 heavy (non-hydrogen) atoms. The summed E-state index contributed by atoms with van der Waals surface area (Å²) in [6.07, 6.45) is 0.234. The summed E-state index contributed by atoms with van der Waals surface area (Å²) >= 11 is 0. The predicted octanol–water partition coefficient (Wildman–Crippen LogP) is -0.408. The summed E-state index contributed by atoms with van der Waals surface area (Å²) in [5.41, 5.74) is 6.59. The Balaban J connectivity index is 1.92. The van der Waals surface area contributed by atoms with Gasteiger partial charge in [-0.2, -0.15) is 12.7 Å². The molecule has 1 aliphatic rings. The molecule has 0 aliphatic carbocycles. The van der Waals surface area contributed by atoms with Crippen molar-refractivity contribution in [2.45, 2.75) is 12.5 Å². The summed E-state index contributed by atoms with van der Waals surface area (Å²) in [5.74, 6) is -0.928. The van der Waals surface area contributed by atoms with E-state index in [0.29, 0.717) is 26.2 Å². The fourth-order valence-corrected chi connectivity index (χ4v) is 3.23. The smallest absolute Gasteiger partial charge is 0.332 e. The van der Waals surface area contributed by atoms with Gasteiger partial charge in [-0.05, 0) is 19.0 Å². The standard InChI is InChI=1S/C14H21N3O4S/c1-16-7-9-17(10-8-16)22(19,20)21-14(18)13(15)11-12-5-3-2-4-6-12/h2-6,13H,7-11,15H2,1H3/t13-/m0/s1. The molecule has 1 aromatic carbocycles. The van der Waals surface area contributed by atoms with Crippen molar-refractivity contribution >= 4 is 16.3 Å². The highest BCUT2D eigenvalue weighted by Crippen LogP contribution is 2.10. The van der Waals surface area contributed by atoms with E-state index < -0.39 is 22.3 Å². The van der Waals surface area contributed by atoms with E-state index in [1.165, 1.54) is 4.31 Å². The molecule has 2 rings (SSSR count). The van der Waals surface area contributed by atoms with Gasteiger partial charge in [0.05, 0.1) is 0 Å². The van der Waals surface area contributed by atoms with Gasteiger partial charge in [-0.25, -0.2) is 4.79 Å². The molecule has 1 fully saturated rings. The van der Waals surface area contributed by atoms with Crippen LogP contribution in [0, 0.1) is 0 Å². The quantitative estimate of drug-likeness (QED) is 0.790. The van der Waals surface area contributed by atoms with E-state index in [0.717, 1.165) is 5.56 Å². The number of carbonyl (C=O) groups excluding carboxylic acids is 1. The molecule has 0 unspecified atom stereocenters. The monoisotopic (exact) mass is 327 g/mol. The lowest BCUT2D eigenvalue weighted by molar-refractivity contribution is -0.135. The summed E-state index contributed by atoms with van der Waals surface area (Å²) in [4.78, 5) is 13.9. The van der Waals surface area contributed by atoms with E-state index in [2.05, 4.69) is 4.18 Å². The number of rotatable bonds is 5. The van der Waals surface area contributed by atoms with Gasteiger partial charge >= 0.3 is 16.3 Å². The Morgan fingerprint density at radius 2 is 1.82 bits per heavy atom. The van der Waals surface area contributed by atoms with Crippen molar-refractivity contribution in [2.24, 2.45) is 5.73 Å². The second kappa shape index (κ2) is 7.19. The van der Waals surface area contributed by atoms with Crippen LogP contribution in [0.3, 0.4) is 0 Å². The molecular formula is C14H21N3O4S. The Morgan fingerprint density at radius 3 is 2.41 bits per heavy atom. The van der Waals surface area contributed by atoms with Crippen LogP contribution in [0.4, 0.5) is 0 Å². The first-order valence-electron chi connectivity index (χ1n) is 7.10. The van der Waals surface area contributed by atoms with Crippen LogP contribution in [0.25, 0.3) is 0 Å². The Morgan fingerprint density at radius 1 is 1.23 bits per heavy atom. The minimum absolute atomic E-state index is 0.234. The lowest BCUT2D eigenvalue weighted by atomic mass is 10.1. The number of likely N-dealkylation sites (N-methyl/N-ethyl adjacent to an activating group) is 1. The fourth-order valence-electron chi connectivity index (χ4n) is 2.18. The molecule has 7 nitrogen and oxygen atoms in total. The maximum Gasteiger partial charge on any atom is 0.387 e. The van der Waals surface area contributed by atoms with Gasteiger partial charge in [0.2, 0.25) is 0 Å². The zero-order valence-electron chi connectivity index (χ0n) is 12.5. The molecule has 0 spiro atoms. The molecule has 0 amide bonds. The van der Waals surface area contributed by atoms with Crippen LogP contribution >= 0.6 is 0 Å². The zero-order chi connectivity index (χ0) is 16.2. The van der Waals surface area contributed by atoms with E-state index in [1.54, 1.807) is 0 Å². The van der Waals surface area contributed by atoms with Crippen molar-refractivity contribution in [3.05, 3.63) is 35.9 Å². The van der Waals surface area contributed by atoms with Crippen molar-refractivity contribution in [3.63, 3.8) is 0 Å². The van der Waals surface area contributed by atoms with E-state index in [-0.39, 0.29) is 6.42 Å². The van der Waals surface area contributed by atoms with Gasteiger partial charge in [0, 0.05) is 26.2 Å². The molecule has 2 N–H and O–H groups in total. The highest BCUT2D eigenvalue weighted by molar-refractivity contribution is 7.84. The first-order chi connectivity index (χ1) is 10.4. The topological polar surface area (TPSA) is 92.9 Å². The molecule has 1 saturated heterocycles. The molecule has 1 aliphatic heterocycles. The minimum atomic E-state index is -4.07. The molecule has 1 heterocycles. The highest BCUT2D eigenvalue weighted by atomic mass is 32.2. The molecule has 1 atom stereocenters. The third-order valence-electron chi connectivity index (χ3n) is 3.57. The van der Waals surface area contributed by atoms with Crippen LogP contribution in [-0.2, 0) is 25.7 Å². The summed E-state index contributed by atoms with van der Waals surface area (Å²) in [6, 6.07) is 8.14. The summed E-state index contributed by atoms with van der Waals surface area (Å²) in [5, 5.41) is 0. The van der Waals surface area contributed by atoms with Crippen LogP contribution in [0.5, 0.6) is 0 Å². The Hall–Kier alpha value is -1.48. The third kappa shape index (κ3) is 4.51. The maximum atomic E-state index is 12.1. The van der Waals surface area contributed by atoms with Crippen LogP contribution in [0.1, 0.15) is 5.56 Å². The molecule has 122 valence electrons. The Kier molecular flexibility index (Phi) is 5.52. The van der Waals surface area contributed by atoms with E-state index >= 15 is 0 Å². The van der Waals surface area contributed by atoms with E-state index in [9.17, 15) is 13.2 Å². The van der Waals surface area contributed by atoms with Gasteiger partial charge in [0.15, 0.2) is 0 Å². The SMILES string of the molecule is CN1CCN(S(=O)(=O)OC(=O)[C@@H](N)Cc2ccccc2)CC1. The Bertz CT molecular complexity index is 598. The largest absolute Gasteiger partial charge is 0.387 e. The molecule has 0 radical (unpaired) electrons. The van der Waals surface area contributed by atoms with Gasteiger partial charge in [-0.1, -0.05) is 30.3 Å². The number of nitrogens with two attached hydrogens (primary N) is 1. The minimum Gasteiger partial charge on any atom is -0.332 e. The van der Waals surface area contributed by atoms with E-state index in [4.69, 9.17) is 5.73 Å². The van der Waals surface area contributed by atoms with Crippen molar-refractivity contribution in [2.75, 3.05) is 33.2 Å². The second-order valence-electron chi connectivity index (χ2n) is 5.36. The van der Waals surface area contributed by atoms with Crippen molar-refractivity contribution < 1.29 is 17.4 Å². The predicted molar refractivity (Wildman–Crippen MR) is 82.2 cm³/mol. The second-order valence-corrected chi connectivity index (χ2v) is 6.90. The number of piperazine rings is 1. The lowest BCUT2D eigenvalue weighted by Crippen LogP contribution is -2.49. The first kappa shape index (κ1) is 16.9. The third-order valence-corrected chi connectivity index (χ3v) is 4.94. The van der Waals surface area contributed by atoms with Gasteiger partial charge in [0.1, 0.15) is 6.04 Å². The zero-order valence-corrected chi connectivity index (χ0v) is 13.3. The summed E-state index contributed by atoms with van der Waals surface area (Å²) < 4.78 is 30.0. The number of benzene rings is 1. The van der Waals surface area contributed by atoms with Crippen LogP contribution in [0.2, 0.25) is 0 Å². The highest BCUT2D eigenvalue weighted by Gasteiger charge is 2.31. The fraction of sp³-hybridized carbons (Fsp3) is 0.500. The van der Waals surface area contributed by atoms with Crippen LogP contribution < -0.4 is 5.73 Å². The average molecular weight is 327 g/mol. The van der Waals surface area contributed by atoms with E-state index in [1.807, 2.05) is 42.3 Å². The number of hydrogen-bond acceptors (Lipinski definition) is 6. The summed E-state index contributed by atoms with van der Waals surface area (Å²) in [7, 11) is -2.16. The summed E-state index contributed by atoms with van der Waals surface area (Å²) in [6.45, 7) is 1.82. The normalized spacial score (nSPS) is 18.8. The van der Waals surface area contributed by atoms with Crippen LogP contribution in [0.15, 0.2) is 30.3 Å². The number of carbonyl (C=O) groups is 1. The first-order valence-corrected chi connectivity index (χ1v) is 8.46. The van der Waals surface area contributed by atoms with Gasteiger partial charge in [0.25, 0.3) is 0 Å². The molecule has 1 aromatic rings. The van der Waals surface area contributed by atoms with Gasteiger partial charge in [-0.15, -0.1) is 0 Å². The maximum absolute atomic E-state index is 12.1. The van der Waals surface area contributed by atoms with Crippen molar-refractivity contribution in [3.8, 4) is 0 Å². The molecular weight excluding hydrogens is 306 g/mol. The van der Waals surface area contributed by atoms with Crippen molar-refractivity contribution in [1.82, 2.24) is 9.21 Å². The number of nitrogens with zero attached hydrogens (tertiary/aromatic N) is 2. The van der Waals surface area contributed by atoms with Crippen molar-refractivity contribution in [1.29, 1.82) is 0 Å².